The molecule has 0 saturated heterocycles. The monoisotopic (exact) mass is 288 g/mol. The van der Waals surface area contributed by atoms with Crippen molar-refractivity contribution in [2.75, 3.05) is 25.2 Å². The second-order valence-electron chi connectivity index (χ2n) is 5.34. The molecule has 0 unspecified atom stereocenters. The summed E-state index contributed by atoms with van der Waals surface area (Å²) in [6.45, 7) is 0.984. The van der Waals surface area contributed by atoms with Crippen molar-refractivity contribution in [2.24, 2.45) is 0 Å². The summed E-state index contributed by atoms with van der Waals surface area (Å²) in [5.41, 5.74) is 0. The molecule has 0 atom stereocenters. The van der Waals surface area contributed by atoms with E-state index in [1.54, 1.807) is 7.11 Å². The molecule has 0 spiro atoms. The van der Waals surface area contributed by atoms with Crippen LogP contribution in [0.4, 0.5) is 5.82 Å². The summed E-state index contributed by atoms with van der Waals surface area (Å²) < 4.78 is 5.72. The van der Waals surface area contributed by atoms with Crippen LogP contribution in [0.5, 0.6) is 5.75 Å². The molecule has 2 aromatic rings. The summed E-state index contributed by atoms with van der Waals surface area (Å²) in [6.07, 6.45) is 8.02. The number of hydrogen-bond donors (Lipinski definition) is 1. The number of hydrogen-bond acceptors (Lipinski definition) is 4. The van der Waals surface area contributed by atoms with Crippen LogP contribution in [0, 0.1) is 0 Å². The highest BCUT2D eigenvalue weighted by Crippen LogP contribution is 2.43. The van der Waals surface area contributed by atoms with Crippen LogP contribution < -0.4 is 10.1 Å². The first-order chi connectivity index (χ1) is 9.76. The van der Waals surface area contributed by atoms with Crippen LogP contribution in [0.2, 0.25) is 0 Å². The summed E-state index contributed by atoms with van der Waals surface area (Å²) in [6, 6.07) is 8.15. The van der Waals surface area contributed by atoms with Gasteiger partial charge in [-0.25, -0.2) is 4.98 Å². The lowest BCUT2D eigenvalue weighted by molar-refractivity contribution is 0.379. The molecule has 1 fully saturated rings. The van der Waals surface area contributed by atoms with E-state index in [0.717, 1.165) is 23.5 Å². The van der Waals surface area contributed by atoms with Crippen molar-refractivity contribution < 1.29 is 4.74 Å². The number of pyridine rings is 1. The number of ether oxygens (including phenoxy) is 1. The van der Waals surface area contributed by atoms with Gasteiger partial charge >= 0.3 is 0 Å². The van der Waals surface area contributed by atoms with Gasteiger partial charge in [0, 0.05) is 22.9 Å². The molecule has 1 aromatic heterocycles. The van der Waals surface area contributed by atoms with E-state index in [4.69, 9.17) is 4.74 Å². The zero-order chi connectivity index (χ0) is 14.0. The van der Waals surface area contributed by atoms with E-state index in [2.05, 4.69) is 28.7 Å². The van der Waals surface area contributed by atoms with Gasteiger partial charge in [0.05, 0.1) is 7.11 Å². The summed E-state index contributed by atoms with van der Waals surface area (Å²) in [5.74, 6) is 1.83. The fourth-order valence-electron chi connectivity index (χ4n) is 2.68. The standard InChI is InChI=1S/C16H20N2OS/c1-19-13-5-4-12-6-9-17-15(14(12)10-13)18-11-16(20-2)7-3-8-16/h4-6,9-10H,3,7-8,11H2,1-2H3,(H,17,18). The molecule has 1 aliphatic carbocycles. The van der Waals surface area contributed by atoms with Crippen LogP contribution in [-0.2, 0) is 0 Å². The Balaban J connectivity index is 1.86. The van der Waals surface area contributed by atoms with Gasteiger partial charge in [-0.1, -0.05) is 12.5 Å². The lowest BCUT2D eigenvalue weighted by Gasteiger charge is -2.40. The summed E-state index contributed by atoms with van der Waals surface area (Å²) in [7, 11) is 1.70. The molecule has 0 bridgehead atoms. The van der Waals surface area contributed by atoms with Gasteiger partial charge in [-0.15, -0.1) is 0 Å². The molecule has 1 saturated carbocycles. The first-order valence-corrected chi connectivity index (χ1v) is 8.21. The average Bonchev–Trinajstić information content (AvgIpc) is 2.46. The van der Waals surface area contributed by atoms with E-state index in [9.17, 15) is 0 Å². The largest absolute Gasteiger partial charge is 0.497 e. The van der Waals surface area contributed by atoms with Crippen molar-refractivity contribution in [3.05, 3.63) is 30.5 Å². The van der Waals surface area contributed by atoms with Gasteiger partial charge in [0.25, 0.3) is 0 Å². The number of anilines is 1. The van der Waals surface area contributed by atoms with Crippen LogP contribution in [0.3, 0.4) is 0 Å². The van der Waals surface area contributed by atoms with Crippen LogP contribution in [-0.4, -0.2) is 29.6 Å². The quantitative estimate of drug-likeness (QED) is 0.903. The van der Waals surface area contributed by atoms with Crippen LogP contribution in [0.15, 0.2) is 30.5 Å². The van der Waals surface area contributed by atoms with Gasteiger partial charge in [-0.2, -0.15) is 11.8 Å². The van der Waals surface area contributed by atoms with Gasteiger partial charge in [0.2, 0.25) is 0 Å². The third-order valence-electron chi connectivity index (χ3n) is 4.25. The van der Waals surface area contributed by atoms with Crippen molar-refractivity contribution >= 4 is 28.4 Å². The van der Waals surface area contributed by atoms with E-state index in [1.165, 1.54) is 24.6 Å². The third kappa shape index (κ3) is 2.44. The SMILES string of the molecule is COc1ccc2ccnc(NCC3(SC)CCC3)c2c1. The van der Waals surface area contributed by atoms with Crippen molar-refractivity contribution in [1.82, 2.24) is 4.98 Å². The Morgan fingerprint density at radius 3 is 2.85 bits per heavy atom. The van der Waals surface area contributed by atoms with Gasteiger partial charge in [0.15, 0.2) is 0 Å². The van der Waals surface area contributed by atoms with Crippen LogP contribution in [0.25, 0.3) is 10.8 Å². The number of benzene rings is 1. The van der Waals surface area contributed by atoms with Crippen molar-refractivity contribution in [3.63, 3.8) is 0 Å². The Kier molecular flexibility index (Phi) is 3.74. The maximum Gasteiger partial charge on any atom is 0.133 e. The maximum absolute atomic E-state index is 5.32. The maximum atomic E-state index is 5.32. The fraction of sp³-hybridized carbons (Fsp3) is 0.438. The van der Waals surface area contributed by atoms with Crippen molar-refractivity contribution in [2.45, 2.75) is 24.0 Å². The second kappa shape index (κ2) is 5.52. The number of rotatable bonds is 5. The highest BCUT2D eigenvalue weighted by Gasteiger charge is 2.35. The summed E-state index contributed by atoms with van der Waals surface area (Å²) in [5, 5.41) is 5.86. The Bertz CT molecular complexity index is 605. The first-order valence-electron chi connectivity index (χ1n) is 6.98. The molecule has 1 heterocycles. The van der Waals surface area contributed by atoms with Gasteiger partial charge in [-0.3, -0.25) is 0 Å². The molecule has 1 aliphatic rings. The van der Waals surface area contributed by atoms with Crippen LogP contribution in [0.1, 0.15) is 19.3 Å². The van der Waals surface area contributed by atoms with Gasteiger partial charge < -0.3 is 10.1 Å². The van der Waals surface area contributed by atoms with Crippen LogP contribution >= 0.6 is 11.8 Å². The lowest BCUT2D eigenvalue weighted by atomic mass is 9.84. The zero-order valence-electron chi connectivity index (χ0n) is 12.0. The minimum absolute atomic E-state index is 0.405. The zero-order valence-corrected chi connectivity index (χ0v) is 12.8. The molecule has 4 heteroatoms. The van der Waals surface area contributed by atoms with Gasteiger partial charge in [-0.05, 0) is 42.7 Å². The normalized spacial score (nSPS) is 16.7. The van der Waals surface area contributed by atoms with Gasteiger partial charge in [0.1, 0.15) is 11.6 Å². The molecular weight excluding hydrogens is 268 g/mol. The smallest absolute Gasteiger partial charge is 0.133 e. The summed E-state index contributed by atoms with van der Waals surface area (Å²) in [4.78, 5) is 4.50. The second-order valence-corrected chi connectivity index (χ2v) is 6.62. The molecule has 3 rings (SSSR count). The molecule has 3 nitrogen and oxygen atoms in total. The Morgan fingerprint density at radius 2 is 2.20 bits per heavy atom. The summed E-state index contributed by atoms with van der Waals surface area (Å²) >= 11 is 1.98. The number of thioether (sulfide) groups is 1. The minimum atomic E-state index is 0.405. The first kappa shape index (κ1) is 13.6. The van der Waals surface area contributed by atoms with E-state index < -0.39 is 0 Å². The Labute approximate surface area is 124 Å². The average molecular weight is 288 g/mol. The number of fused-ring (bicyclic) bond motifs is 1. The van der Waals surface area contributed by atoms with E-state index in [-0.39, 0.29) is 0 Å². The Hall–Kier alpha value is -1.42. The molecule has 0 amide bonds. The molecular formula is C16H20N2OS. The molecule has 106 valence electrons. The lowest BCUT2D eigenvalue weighted by Crippen LogP contribution is -2.40. The minimum Gasteiger partial charge on any atom is -0.497 e. The molecule has 0 radical (unpaired) electrons. The predicted molar refractivity (Wildman–Crippen MR) is 86.9 cm³/mol. The molecule has 0 aliphatic heterocycles. The number of aromatic nitrogens is 1. The van der Waals surface area contributed by atoms with E-state index >= 15 is 0 Å². The molecule has 1 aromatic carbocycles. The van der Waals surface area contributed by atoms with E-state index in [0.29, 0.717) is 4.75 Å². The van der Waals surface area contributed by atoms with E-state index in [1.807, 2.05) is 30.1 Å². The van der Waals surface area contributed by atoms with Crippen molar-refractivity contribution in [1.29, 1.82) is 0 Å². The number of nitrogens with zero attached hydrogens (tertiary/aromatic N) is 1. The highest BCUT2D eigenvalue weighted by molar-refractivity contribution is 8.00. The topological polar surface area (TPSA) is 34.1 Å². The number of nitrogens with one attached hydrogen (secondary N) is 1. The molecule has 1 N–H and O–H groups in total. The molecule has 20 heavy (non-hydrogen) atoms. The highest BCUT2D eigenvalue weighted by atomic mass is 32.2. The Morgan fingerprint density at radius 1 is 1.35 bits per heavy atom. The third-order valence-corrected chi connectivity index (χ3v) is 5.67. The van der Waals surface area contributed by atoms with Crippen molar-refractivity contribution in [3.8, 4) is 5.75 Å². The number of methoxy groups -OCH3 is 1. The predicted octanol–water partition coefficient (Wildman–Crippen LogP) is 3.94. The fourth-order valence-corrected chi connectivity index (χ4v) is 3.60.